The highest BCUT2D eigenvalue weighted by Gasteiger charge is 2.51. The van der Waals surface area contributed by atoms with Gasteiger partial charge in [0.2, 0.25) is 0 Å². The van der Waals surface area contributed by atoms with Gasteiger partial charge in [-0.3, -0.25) is 9.59 Å². The van der Waals surface area contributed by atoms with E-state index in [2.05, 4.69) is 6.92 Å². The molecular weight excluding hydrogens is 278 g/mol. The van der Waals surface area contributed by atoms with Gasteiger partial charge in [-0.2, -0.15) is 0 Å². The first-order valence-corrected chi connectivity index (χ1v) is 7.97. The highest BCUT2D eigenvalue weighted by atomic mass is 16.3. The van der Waals surface area contributed by atoms with Crippen molar-refractivity contribution in [1.82, 2.24) is 0 Å². The van der Waals surface area contributed by atoms with Crippen LogP contribution in [-0.4, -0.2) is 23.3 Å². The molecule has 0 saturated carbocycles. The number of unbranched alkanes of at least 4 members (excludes halogenated alkanes) is 2. The van der Waals surface area contributed by atoms with Crippen LogP contribution in [0.2, 0.25) is 0 Å². The summed E-state index contributed by atoms with van der Waals surface area (Å²) < 4.78 is 0. The number of carbonyl (C=O) groups excluding carboxylic acids is 2. The number of rotatable bonds is 6. The van der Waals surface area contributed by atoms with E-state index in [1.165, 1.54) is 6.92 Å². The Morgan fingerprint density at radius 2 is 1.86 bits per heavy atom. The summed E-state index contributed by atoms with van der Waals surface area (Å²) in [6.07, 6.45) is 2.84. The Kier molecular flexibility index (Phi) is 4.71. The molecule has 4 nitrogen and oxygen atoms in total. The number of anilines is 1. The molecule has 0 radical (unpaired) electrons. The molecule has 0 aliphatic carbocycles. The van der Waals surface area contributed by atoms with Crippen LogP contribution in [0, 0.1) is 13.8 Å². The van der Waals surface area contributed by atoms with E-state index < -0.39 is 5.60 Å². The Morgan fingerprint density at radius 1 is 1.23 bits per heavy atom. The Morgan fingerprint density at radius 3 is 2.45 bits per heavy atom. The van der Waals surface area contributed by atoms with Gasteiger partial charge in [0.15, 0.2) is 5.60 Å². The average Bonchev–Trinajstić information content (AvgIpc) is 2.65. The molecule has 1 amide bonds. The zero-order valence-electron chi connectivity index (χ0n) is 13.9. The van der Waals surface area contributed by atoms with Gasteiger partial charge < -0.3 is 10.0 Å². The number of aryl methyl sites for hydroxylation is 2. The second-order valence-corrected chi connectivity index (χ2v) is 6.33. The summed E-state index contributed by atoms with van der Waals surface area (Å²) in [5.41, 5.74) is 1.53. The topological polar surface area (TPSA) is 57.6 Å². The SMILES string of the molecule is CCCCCN1C(=O)C(O)(CC(C)=O)c2c(C)ccc(C)c21. The van der Waals surface area contributed by atoms with Crippen molar-refractivity contribution in [3.63, 3.8) is 0 Å². The van der Waals surface area contributed by atoms with Crippen LogP contribution in [0.3, 0.4) is 0 Å². The molecule has 0 fully saturated rings. The number of fused-ring (bicyclic) bond motifs is 1. The Bertz CT molecular complexity index is 609. The standard InChI is InChI=1S/C18H25NO3/c1-5-6-7-10-19-16-13(3)9-8-12(2)15(16)18(22,17(19)21)11-14(4)20/h8-9,22H,5-7,10-11H2,1-4H3. The molecule has 2 rings (SSSR count). The third-order valence-electron chi connectivity index (χ3n) is 4.36. The van der Waals surface area contributed by atoms with E-state index in [4.69, 9.17) is 0 Å². The van der Waals surface area contributed by atoms with Crippen LogP contribution in [0.1, 0.15) is 56.2 Å². The van der Waals surface area contributed by atoms with E-state index in [0.717, 1.165) is 36.1 Å². The molecular formula is C18H25NO3. The molecule has 22 heavy (non-hydrogen) atoms. The van der Waals surface area contributed by atoms with E-state index in [0.29, 0.717) is 12.1 Å². The van der Waals surface area contributed by atoms with Gasteiger partial charge in [0.25, 0.3) is 5.91 Å². The molecule has 1 aliphatic heterocycles. The van der Waals surface area contributed by atoms with Crippen molar-refractivity contribution < 1.29 is 14.7 Å². The highest BCUT2D eigenvalue weighted by molar-refractivity contribution is 6.09. The lowest BCUT2D eigenvalue weighted by Gasteiger charge is -2.22. The van der Waals surface area contributed by atoms with E-state index in [-0.39, 0.29) is 18.1 Å². The summed E-state index contributed by atoms with van der Waals surface area (Å²) in [4.78, 5) is 26.1. The van der Waals surface area contributed by atoms with Crippen molar-refractivity contribution in [2.45, 2.75) is 59.0 Å². The van der Waals surface area contributed by atoms with Crippen LogP contribution in [0.5, 0.6) is 0 Å². The largest absolute Gasteiger partial charge is 0.375 e. The van der Waals surface area contributed by atoms with E-state index in [1.54, 1.807) is 4.90 Å². The minimum atomic E-state index is -1.70. The molecule has 1 aliphatic rings. The monoisotopic (exact) mass is 303 g/mol. The number of aliphatic hydroxyl groups is 1. The molecule has 4 heteroatoms. The fourth-order valence-electron chi connectivity index (χ4n) is 3.36. The minimum absolute atomic E-state index is 0.159. The van der Waals surface area contributed by atoms with Crippen molar-refractivity contribution >= 4 is 17.4 Å². The molecule has 0 bridgehead atoms. The first-order chi connectivity index (χ1) is 10.3. The van der Waals surface area contributed by atoms with Crippen molar-refractivity contribution in [1.29, 1.82) is 0 Å². The summed E-state index contributed by atoms with van der Waals surface area (Å²) in [7, 11) is 0. The van der Waals surface area contributed by atoms with Gasteiger partial charge in [0.05, 0.1) is 5.69 Å². The van der Waals surface area contributed by atoms with Crippen LogP contribution >= 0.6 is 0 Å². The van der Waals surface area contributed by atoms with Gasteiger partial charge in [-0.1, -0.05) is 31.9 Å². The van der Waals surface area contributed by atoms with Crippen molar-refractivity contribution in [2.24, 2.45) is 0 Å². The Labute approximate surface area is 132 Å². The van der Waals surface area contributed by atoms with Crippen molar-refractivity contribution in [3.05, 3.63) is 28.8 Å². The van der Waals surface area contributed by atoms with Crippen LogP contribution in [0.15, 0.2) is 12.1 Å². The molecule has 1 unspecified atom stereocenters. The second-order valence-electron chi connectivity index (χ2n) is 6.33. The predicted octanol–water partition coefficient (Wildman–Crippen LogP) is 3.01. The fraction of sp³-hybridized carbons (Fsp3) is 0.556. The number of hydrogen-bond donors (Lipinski definition) is 1. The summed E-state index contributed by atoms with van der Waals surface area (Å²) in [5, 5.41) is 11.0. The molecule has 120 valence electrons. The molecule has 1 aromatic carbocycles. The number of hydrogen-bond acceptors (Lipinski definition) is 3. The summed E-state index contributed by atoms with van der Waals surface area (Å²) in [6, 6.07) is 3.87. The van der Waals surface area contributed by atoms with Gasteiger partial charge in [-0.15, -0.1) is 0 Å². The lowest BCUT2D eigenvalue weighted by molar-refractivity contribution is -0.141. The van der Waals surface area contributed by atoms with Crippen LogP contribution in [-0.2, 0) is 15.2 Å². The minimum Gasteiger partial charge on any atom is -0.375 e. The normalized spacial score (nSPS) is 20.4. The number of carbonyl (C=O) groups is 2. The number of nitrogens with zero attached hydrogens (tertiary/aromatic N) is 1. The predicted molar refractivity (Wildman–Crippen MR) is 87.0 cm³/mol. The van der Waals surface area contributed by atoms with Gasteiger partial charge in [-0.25, -0.2) is 0 Å². The van der Waals surface area contributed by atoms with Crippen LogP contribution in [0.25, 0.3) is 0 Å². The first-order valence-electron chi connectivity index (χ1n) is 7.97. The zero-order chi connectivity index (χ0) is 16.5. The number of amides is 1. The number of ketones is 1. The second kappa shape index (κ2) is 6.21. The van der Waals surface area contributed by atoms with E-state index in [9.17, 15) is 14.7 Å². The molecule has 1 atom stereocenters. The highest BCUT2D eigenvalue weighted by Crippen LogP contribution is 2.46. The summed E-state index contributed by atoms with van der Waals surface area (Å²) in [6.45, 7) is 7.94. The maximum Gasteiger partial charge on any atom is 0.264 e. The van der Waals surface area contributed by atoms with Crippen molar-refractivity contribution in [3.8, 4) is 0 Å². The maximum absolute atomic E-state index is 12.8. The Balaban J connectivity index is 2.52. The third kappa shape index (κ3) is 2.68. The molecule has 0 saturated heterocycles. The summed E-state index contributed by atoms with van der Waals surface area (Å²) in [5.74, 6) is -0.538. The fourth-order valence-corrected chi connectivity index (χ4v) is 3.36. The number of benzene rings is 1. The van der Waals surface area contributed by atoms with Crippen LogP contribution < -0.4 is 4.90 Å². The van der Waals surface area contributed by atoms with Crippen LogP contribution in [0.4, 0.5) is 5.69 Å². The molecule has 1 N–H and O–H groups in total. The smallest absolute Gasteiger partial charge is 0.264 e. The Hall–Kier alpha value is -1.68. The lowest BCUT2D eigenvalue weighted by atomic mass is 9.86. The summed E-state index contributed by atoms with van der Waals surface area (Å²) >= 11 is 0. The van der Waals surface area contributed by atoms with E-state index in [1.807, 2.05) is 26.0 Å². The quantitative estimate of drug-likeness (QED) is 0.822. The molecule has 1 heterocycles. The van der Waals surface area contributed by atoms with Gasteiger partial charge >= 0.3 is 0 Å². The number of Topliss-reactive ketones (excluding diaryl/α,β-unsaturated/α-hetero) is 1. The average molecular weight is 303 g/mol. The van der Waals surface area contributed by atoms with Gasteiger partial charge in [0, 0.05) is 18.5 Å². The molecule has 1 aromatic rings. The molecule has 0 spiro atoms. The maximum atomic E-state index is 12.8. The zero-order valence-corrected chi connectivity index (χ0v) is 13.9. The lowest BCUT2D eigenvalue weighted by Crippen LogP contribution is -2.42. The third-order valence-corrected chi connectivity index (χ3v) is 4.36. The van der Waals surface area contributed by atoms with E-state index >= 15 is 0 Å². The van der Waals surface area contributed by atoms with Crippen molar-refractivity contribution in [2.75, 3.05) is 11.4 Å². The van der Waals surface area contributed by atoms with Gasteiger partial charge in [-0.05, 0) is 38.3 Å². The van der Waals surface area contributed by atoms with Gasteiger partial charge in [0.1, 0.15) is 5.78 Å². The molecule has 0 aromatic heterocycles. The first kappa shape index (κ1) is 16.7.